The molecule has 0 radical (unpaired) electrons. The number of aliphatic hydroxyl groups excluding tert-OH is 2. The topological polar surface area (TPSA) is 97.7 Å². The first kappa shape index (κ1) is 14.1. The van der Waals surface area contributed by atoms with Crippen LogP contribution in [0.5, 0.6) is 0 Å². The summed E-state index contributed by atoms with van der Waals surface area (Å²) in [4.78, 5) is -0.699. The summed E-state index contributed by atoms with van der Waals surface area (Å²) in [5, 5.41) is 16.4. The van der Waals surface area contributed by atoms with Gasteiger partial charge >= 0.3 is 29.6 Å². The van der Waals surface area contributed by atoms with E-state index >= 15 is 0 Å². The van der Waals surface area contributed by atoms with Gasteiger partial charge in [0.1, 0.15) is 10.1 Å². The van der Waals surface area contributed by atoms with Crippen molar-refractivity contribution in [2.45, 2.75) is 0 Å². The molecule has 7 heteroatoms. The predicted octanol–water partition coefficient (Wildman–Crippen LogP) is -4.60. The standard InChI is InChI=1S/C4H8O5S.Na/c5-2-1-4(3-6)10(7,8)9;/h1,5-6H,2-3H2,(H,7,8,9);/q;+1/p-1. The summed E-state index contributed by atoms with van der Waals surface area (Å²) in [6.45, 7) is -1.44. The van der Waals surface area contributed by atoms with Crippen LogP contribution in [0.15, 0.2) is 11.0 Å². The van der Waals surface area contributed by atoms with Crippen molar-refractivity contribution in [2.24, 2.45) is 0 Å². The van der Waals surface area contributed by atoms with Crippen LogP contribution in [0.3, 0.4) is 0 Å². The average molecular weight is 190 g/mol. The molecule has 5 nitrogen and oxygen atoms in total. The maximum absolute atomic E-state index is 10.1. The van der Waals surface area contributed by atoms with Crippen LogP contribution < -0.4 is 29.6 Å². The number of rotatable bonds is 3. The van der Waals surface area contributed by atoms with E-state index in [9.17, 15) is 13.0 Å². The molecule has 0 saturated heterocycles. The van der Waals surface area contributed by atoms with Crippen molar-refractivity contribution >= 4 is 10.1 Å². The summed E-state index contributed by atoms with van der Waals surface area (Å²) in [6.07, 6.45) is 0.752. The van der Waals surface area contributed by atoms with Gasteiger partial charge in [0, 0.05) is 0 Å². The van der Waals surface area contributed by atoms with Crippen molar-refractivity contribution in [1.82, 2.24) is 0 Å². The van der Waals surface area contributed by atoms with E-state index in [0.717, 1.165) is 6.08 Å². The van der Waals surface area contributed by atoms with E-state index in [2.05, 4.69) is 0 Å². The van der Waals surface area contributed by atoms with Gasteiger partial charge in [0.15, 0.2) is 0 Å². The third kappa shape index (κ3) is 5.80. The van der Waals surface area contributed by atoms with E-state index in [1.807, 2.05) is 0 Å². The molecule has 0 aromatic carbocycles. The van der Waals surface area contributed by atoms with Crippen LogP contribution in [0.2, 0.25) is 0 Å². The SMILES string of the molecule is O=S(=O)([O-])C(=CCO)CO.[Na+]. The molecule has 0 aliphatic carbocycles. The van der Waals surface area contributed by atoms with Gasteiger partial charge in [0.05, 0.1) is 18.1 Å². The second-order valence-corrected chi connectivity index (χ2v) is 2.90. The predicted molar refractivity (Wildman–Crippen MR) is 32.0 cm³/mol. The quantitative estimate of drug-likeness (QED) is 0.345. The zero-order valence-electron chi connectivity index (χ0n) is 6.02. The minimum Gasteiger partial charge on any atom is -0.744 e. The molecule has 2 N–H and O–H groups in total. The Kier molecular flexibility index (Phi) is 7.86. The zero-order valence-corrected chi connectivity index (χ0v) is 8.84. The second kappa shape index (κ2) is 6.13. The van der Waals surface area contributed by atoms with Crippen LogP contribution >= 0.6 is 0 Å². The molecule has 0 amide bonds. The molecule has 0 bridgehead atoms. The fourth-order valence-electron chi connectivity index (χ4n) is 0.347. The number of hydrogen-bond donors (Lipinski definition) is 2. The molecule has 0 saturated carbocycles. The van der Waals surface area contributed by atoms with Crippen molar-refractivity contribution in [2.75, 3.05) is 13.2 Å². The summed E-state index contributed by atoms with van der Waals surface area (Å²) in [5.41, 5.74) is 0. The number of hydrogen-bond acceptors (Lipinski definition) is 5. The van der Waals surface area contributed by atoms with E-state index in [0.29, 0.717) is 0 Å². The van der Waals surface area contributed by atoms with Crippen molar-refractivity contribution in [1.29, 1.82) is 0 Å². The molecule has 0 atom stereocenters. The van der Waals surface area contributed by atoms with Gasteiger partial charge in [-0.15, -0.1) is 0 Å². The van der Waals surface area contributed by atoms with Crippen LogP contribution in [0.4, 0.5) is 0 Å². The molecular formula is C4H7NaO5S. The maximum atomic E-state index is 10.1. The van der Waals surface area contributed by atoms with Crippen molar-refractivity contribution < 1.29 is 52.7 Å². The average Bonchev–Trinajstić information content (AvgIpc) is 1.80. The monoisotopic (exact) mass is 190 g/mol. The summed E-state index contributed by atoms with van der Waals surface area (Å²) < 4.78 is 30.2. The van der Waals surface area contributed by atoms with Crippen LogP contribution in [0, 0.1) is 0 Å². The third-order valence-corrected chi connectivity index (χ3v) is 1.73. The minimum absolute atomic E-state index is 0. The van der Waals surface area contributed by atoms with Gasteiger partial charge in [0.2, 0.25) is 0 Å². The van der Waals surface area contributed by atoms with Crippen molar-refractivity contribution in [3.05, 3.63) is 11.0 Å². The van der Waals surface area contributed by atoms with Gasteiger partial charge in [-0.1, -0.05) is 0 Å². The first-order chi connectivity index (χ1) is 4.52. The first-order valence-corrected chi connectivity index (χ1v) is 3.80. The first-order valence-electron chi connectivity index (χ1n) is 2.39. The fourth-order valence-corrected chi connectivity index (χ4v) is 0.784. The molecule has 0 aliphatic rings. The minimum atomic E-state index is -4.58. The zero-order chi connectivity index (χ0) is 8.20. The Morgan fingerprint density at radius 1 is 1.45 bits per heavy atom. The molecule has 11 heavy (non-hydrogen) atoms. The Hall–Kier alpha value is 0.570. The van der Waals surface area contributed by atoms with E-state index < -0.39 is 28.2 Å². The molecule has 0 rings (SSSR count). The van der Waals surface area contributed by atoms with E-state index in [-0.39, 0.29) is 29.6 Å². The summed E-state index contributed by atoms with van der Waals surface area (Å²) >= 11 is 0. The van der Waals surface area contributed by atoms with Crippen molar-refractivity contribution in [3.8, 4) is 0 Å². The van der Waals surface area contributed by atoms with E-state index in [1.165, 1.54) is 0 Å². The molecule has 0 aliphatic heterocycles. The molecular weight excluding hydrogens is 183 g/mol. The third-order valence-electron chi connectivity index (χ3n) is 0.796. The molecule has 0 aromatic rings. The Bertz CT molecular complexity index is 219. The molecule has 0 spiro atoms. The van der Waals surface area contributed by atoms with Crippen LogP contribution in [-0.4, -0.2) is 36.4 Å². The van der Waals surface area contributed by atoms with E-state index in [4.69, 9.17) is 10.2 Å². The summed E-state index contributed by atoms with van der Waals surface area (Å²) in [7, 11) is -4.58. The van der Waals surface area contributed by atoms with Gasteiger partial charge in [0.25, 0.3) is 0 Å². The van der Waals surface area contributed by atoms with Crippen molar-refractivity contribution in [3.63, 3.8) is 0 Å². The van der Waals surface area contributed by atoms with Crippen LogP contribution in [-0.2, 0) is 10.1 Å². The van der Waals surface area contributed by atoms with Gasteiger partial charge in [-0.2, -0.15) is 0 Å². The fraction of sp³-hybridized carbons (Fsp3) is 0.500. The smallest absolute Gasteiger partial charge is 0.744 e. The Morgan fingerprint density at radius 3 is 2.00 bits per heavy atom. The largest absolute Gasteiger partial charge is 1.00 e. The maximum Gasteiger partial charge on any atom is 1.00 e. The summed E-state index contributed by atoms with van der Waals surface area (Å²) in [6, 6.07) is 0. The van der Waals surface area contributed by atoms with Gasteiger partial charge in [-0.05, 0) is 6.08 Å². The van der Waals surface area contributed by atoms with E-state index in [1.54, 1.807) is 0 Å². The van der Waals surface area contributed by atoms with Crippen LogP contribution in [0.25, 0.3) is 0 Å². The normalized spacial score (nSPS) is 12.5. The molecule has 60 valence electrons. The molecule has 0 heterocycles. The van der Waals surface area contributed by atoms with Gasteiger partial charge < -0.3 is 14.8 Å². The Morgan fingerprint density at radius 2 is 1.91 bits per heavy atom. The molecule has 0 unspecified atom stereocenters. The molecule has 0 aromatic heterocycles. The second-order valence-electron chi connectivity index (χ2n) is 1.47. The molecule has 0 fully saturated rings. The Labute approximate surface area is 86.8 Å². The number of aliphatic hydroxyl groups is 2. The van der Waals surface area contributed by atoms with Crippen LogP contribution in [0.1, 0.15) is 0 Å². The Balaban J connectivity index is 0. The van der Waals surface area contributed by atoms with Gasteiger partial charge in [-0.3, -0.25) is 0 Å². The summed E-state index contributed by atoms with van der Waals surface area (Å²) in [5.74, 6) is 0. The van der Waals surface area contributed by atoms with Gasteiger partial charge in [-0.25, -0.2) is 8.42 Å².